The summed E-state index contributed by atoms with van der Waals surface area (Å²) in [6.07, 6.45) is 6.06. The highest BCUT2D eigenvalue weighted by molar-refractivity contribution is 6.53. The first kappa shape index (κ1) is 23.7. The van der Waals surface area contributed by atoms with Gasteiger partial charge in [0.1, 0.15) is 0 Å². The number of hydrogen-bond donors (Lipinski definition) is 1. The summed E-state index contributed by atoms with van der Waals surface area (Å²) in [5.74, 6) is 0.587. The van der Waals surface area contributed by atoms with E-state index >= 15 is 4.39 Å². The van der Waals surface area contributed by atoms with Gasteiger partial charge in [-0.1, -0.05) is 32.9 Å². The van der Waals surface area contributed by atoms with Crippen molar-refractivity contribution in [3.63, 3.8) is 0 Å². The molecule has 0 amide bonds. The van der Waals surface area contributed by atoms with Gasteiger partial charge >= 0.3 is 0 Å². The van der Waals surface area contributed by atoms with Crippen molar-refractivity contribution in [3.05, 3.63) is 29.6 Å². The Morgan fingerprint density at radius 3 is 2.50 bits per heavy atom. The van der Waals surface area contributed by atoms with Crippen molar-refractivity contribution >= 4 is 14.7 Å². The molecule has 6 heteroatoms. The molecule has 0 bridgehead atoms. The predicted molar refractivity (Wildman–Crippen MR) is 124 cm³/mol. The van der Waals surface area contributed by atoms with Crippen molar-refractivity contribution in [2.45, 2.75) is 77.2 Å². The summed E-state index contributed by atoms with van der Waals surface area (Å²) in [6, 6.07) is 5.75. The Balaban J connectivity index is 1.45. The predicted octanol–water partition coefficient (Wildman–Crippen LogP) is 5.14. The number of nitrogens with one attached hydrogen (secondary N) is 1. The Morgan fingerprint density at radius 2 is 1.83 bits per heavy atom. The average Bonchev–Trinajstić information content (AvgIpc) is 2.73. The molecule has 0 saturated carbocycles. The summed E-state index contributed by atoms with van der Waals surface area (Å²) in [5.41, 5.74) is 1.42. The zero-order valence-electron chi connectivity index (χ0n) is 19.3. The van der Waals surface area contributed by atoms with Crippen LogP contribution in [0.4, 0.5) is 10.1 Å². The normalized spacial score (nSPS) is 19.6. The molecule has 1 N–H and O–H groups in total. The third kappa shape index (κ3) is 6.77. The van der Waals surface area contributed by atoms with Crippen LogP contribution in [0.15, 0.2) is 18.2 Å². The van der Waals surface area contributed by atoms with Crippen LogP contribution in [0, 0.1) is 11.7 Å². The Morgan fingerprint density at radius 1 is 1.13 bits per heavy atom. The molecule has 4 nitrogen and oxygen atoms in total. The summed E-state index contributed by atoms with van der Waals surface area (Å²) < 4.78 is 27.3. The van der Waals surface area contributed by atoms with Crippen LogP contribution in [0.5, 0.6) is 0 Å². The van der Waals surface area contributed by atoms with Crippen molar-refractivity contribution in [3.8, 4) is 0 Å². The van der Waals surface area contributed by atoms with Crippen LogP contribution in [0.25, 0.3) is 0 Å². The highest BCUT2D eigenvalue weighted by atomic mass is 28.3. The molecule has 2 aliphatic rings. The molecule has 2 fully saturated rings. The highest BCUT2D eigenvalue weighted by Gasteiger charge is 2.26. The van der Waals surface area contributed by atoms with Crippen molar-refractivity contribution < 1.29 is 13.6 Å². The quantitative estimate of drug-likeness (QED) is 0.573. The second-order valence-electron chi connectivity index (χ2n) is 9.88. The number of hydrogen-bond acceptors (Lipinski definition) is 4. The zero-order chi connectivity index (χ0) is 21.6. The van der Waals surface area contributed by atoms with Crippen LogP contribution < -0.4 is 10.2 Å². The van der Waals surface area contributed by atoms with Crippen molar-refractivity contribution in [2.75, 3.05) is 37.7 Å². The van der Waals surface area contributed by atoms with Gasteiger partial charge in [-0.2, -0.15) is 0 Å². The lowest BCUT2D eigenvalue weighted by Gasteiger charge is -2.34. The zero-order valence-corrected chi connectivity index (χ0v) is 20.3. The molecular formula is C24H40FN2O2Si. The second-order valence-corrected chi connectivity index (χ2v) is 12.8. The van der Waals surface area contributed by atoms with Gasteiger partial charge in [0, 0.05) is 25.3 Å². The number of nitrogens with zero attached hydrogens (tertiary/aromatic N) is 1. The van der Waals surface area contributed by atoms with Crippen LogP contribution >= 0.6 is 0 Å². The van der Waals surface area contributed by atoms with Gasteiger partial charge in [-0.25, -0.2) is 4.39 Å². The maximum absolute atomic E-state index is 15.2. The SMILES string of the molecule is C[Si](OCc1cccc(N2CCC(CCOC3CCNCC3)CC2)c1F)C(C)(C)C. The average molecular weight is 436 g/mol. The summed E-state index contributed by atoms with van der Waals surface area (Å²) in [6.45, 7) is 14.0. The molecule has 30 heavy (non-hydrogen) atoms. The molecule has 169 valence electrons. The van der Waals surface area contributed by atoms with Crippen LogP contribution in [-0.2, 0) is 15.8 Å². The number of halogens is 1. The van der Waals surface area contributed by atoms with E-state index in [-0.39, 0.29) is 10.9 Å². The lowest BCUT2D eigenvalue weighted by molar-refractivity contribution is 0.0241. The molecule has 2 saturated heterocycles. The fourth-order valence-electron chi connectivity index (χ4n) is 4.15. The Bertz CT molecular complexity index is 653. The lowest BCUT2D eigenvalue weighted by Crippen LogP contribution is -2.35. The van der Waals surface area contributed by atoms with E-state index in [4.69, 9.17) is 9.16 Å². The number of piperidine rings is 2. The maximum Gasteiger partial charge on any atom is 0.214 e. The molecule has 0 spiro atoms. The molecule has 2 heterocycles. The highest BCUT2D eigenvalue weighted by Crippen LogP contribution is 2.31. The first-order chi connectivity index (χ1) is 14.3. The molecule has 1 aromatic rings. The van der Waals surface area contributed by atoms with E-state index in [1.165, 1.54) is 0 Å². The smallest absolute Gasteiger partial charge is 0.214 e. The molecule has 3 rings (SSSR count). The molecule has 1 radical (unpaired) electrons. The molecule has 0 aromatic heterocycles. The molecule has 0 atom stereocenters. The first-order valence-corrected chi connectivity index (χ1v) is 13.6. The van der Waals surface area contributed by atoms with Crippen molar-refractivity contribution in [1.29, 1.82) is 0 Å². The van der Waals surface area contributed by atoms with Crippen LogP contribution in [-0.4, -0.2) is 47.9 Å². The van der Waals surface area contributed by atoms with Crippen LogP contribution in [0.2, 0.25) is 11.6 Å². The van der Waals surface area contributed by atoms with Gasteiger partial charge in [0.05, 0.1) is 18.4 Å². The molecule has 1 aromatic carbocycles. The van der Waals surface area contributed by atoms with Gasteiger partial charge in [-0.3, -0.25) is 0 Å². The maximum atomic E-state index is 15.2. The minimum absolute atomic E-state index is 0.103. The van der Waals surface area contributed by atoms with E-state index in [0.717, 1.165) is 70.6 Å². The fourth-order valence-corrected chi connectivity index (χ4v) is 4.96. The number of anilines is 1. The van der Waals surface area contributed by atoms with Crippen LogP contribution in [0.3, 0.4) is 0 Å². The molecular weight excluding hydrogens is 395 g/mol. The van der Waals surface area contributed by atoms with E-state index in [1.807, 2.05) is 18.2 Å². The van der Waals surface area contributed by atoms with Gasteiger partial charge in [0.2, 0.25) is 9.04 Å². The van der Waals surface area contributed by atoms with E-state index in [2.05, 4.69) is 37.5 Å². The molecule has 0 aliphatic carbocycles. The summed E-state index contributed by atoms with van der Waals surface area (Å²) in [4.78, 5) is 2.21. The summed E-state index contributed by atoms with van der Waals surface area (Å²) in [7, 11) is -0.976. The Labute approximate surface area is 184 Å². The third-order valence-electron chi connectivity index (χ3n) is 6.68. The van der Waals surface area contributed by atoms with E-state index < -0.39 is 9.04 Å². The van der Waals surface area contributed by atoms with Crippen molar-refractivity contribution in [1.82, 2.24) is 5.32 Å². The molecule has 2 aliphatic heterocycles. The number of rotatable bonds is 8. The largest absolute Gasteiger partial charge is 0.412 e. The van der Waals surface area contributed by atoms with Gasteiger partial charge in [-0.15, -0.1) is 0 Å². The summed E-state index contributed by atoms with van der Waals surface area (Å²) in [5, 5.41) is 3.53. The number of benzene rings is 1. The Hall–Kier alpha value is -0.953. The standard InChI is InChI=1S/C24H40FN2O2Si/c1-24(2,3)30(4)29-18-20-6-5-7-22(23(20)25)27-15-10-19(11-16-27)12-17-28-21-8-13-26-14-9-21/h5-7,19,21,26H,8-18H2,1-4H3. The van der Waals surface area contributed by atoms with Gasteiger partial charge in [0.25, 0.3) is 0 Å². The second kappa shape index (κ2) is 11.1. The van der Waals surface area contributed by atoms with Gasteiger partial charge < -0.3 is 19.4 Å². The topological polar surface area (TPSA) is 33.7 Å². The monoisotopic (exact) mass is 435 g/mol. The first-order valence-electron chi connectivity index (χ1n) is 11.7. The minimum Gasteiger partial charge on any atom is -0.412 e. The Kier molecular flexibility index (Phi) is 8.75. The molecule has 0 unspecified atom stereocenters. The van der Waals surface area contributed by atoms with Crippen LogP contribution in [0.1, 0.15) is 58.4 Å². The van der Waals surface area contributed by atoms with E-state index in [1.54, 1.807) is 0 Å². The van der Waals surface area contributed by atoms with E-state index in [0.29, 0.717) is 24.2 Å². The van der Waals surface area contributed by atoms with Gasteiger partial charge in [0.15, 0.2) is 5.82 Å². The minimum atomic E-state index is -0.976. The fraction of sp³-hybridized carbons (Fsp3) is 0.750. The number of ether oxygens (including phenoxy) is 1. The van der Waals surface area contributed by atoms with Crippen molar-refractivity contribution in [2.24, 2.45) is 5.92 Å². The van der Waals surface area contributed by atoms with Gasteiger partial charge in [-0.05, 0) is 68.8 Å². The lowest BCUT2D eigenvalue weighted by atomic mass is 9.93. The van der Waals surface area contributed by atoms with E-state index in [9.17, 15) is 0 Å². The third-order valence-corrected chi connectivity index (χ3v) is 9.37. The summed E-state index contributed by atoms with van der Waals surface area (Å²) >= 11 is 0.